The van der Waals surface area contributed by atoms with E-state index in [1.807, 2.05) is 6.92 Å². The van der Waals surface area contributed by atoms with E-state index in [4.69, 9.17) is 5.73 Å². The van der Waals surface area contributed by atoms with Gasteiger partial charge in [-0.2, -0.15) is 13.2 Å². The molecule has 1 saturated carbocycles. The fourth-order valence-electron chi connectivity index (χ4n) is 1.97. The van der Waals surface area contributed by atoms with Crippen LogP contribution >= 0.6 is 0 Å². The van der Waals surface area contributed by atoms with Crippen molar-refractivity contribution in [2.24, 2.45) is 11.7 Å². The summed E-state index contributed by atoms with van der Waals surface area (Å²) in [5.41, 5.74) is 4.70. The van der Waals surface area contributed by atoms with Crippen molar-refractivity contribution in [2.75, 3.05) is 11.9 Å². The predicted octanol–water partition coefficient (Wildman–Crippen LogP) is 2.64. The summed E-state index contributed by atoms with van der Waals surface area (Å²) < 4.78 is 37.1. The van der Waals surface area contributed by atoms with E-state index in [-0.39, 0.29) is 5.54 Å². The number of pyridine rings is 1. The van der Waals surface area contributed by atoms with Crippen LogP contribution in [0, 0.1) is 5.92 Å². The maximum Gasteiger partial charge on any atom is 0.417 e. The van der Waals surface area contributed by atoms with Crippen LogP contribution in [0.2, 0.25) is 0 Å². The van der Waals surface area contributed by atoms with Gasteiger partial charge in [0, 0.05) is 12.7 Å². The average molecular weight is 259 g/mol. The van der Waals surface area contributed by atoms with Crippen molar-refractivity contribution >= 4 is 5.82 Å². The van der Waals surface area contributed by atoms with Gasteiger partial charge < -0.3 is 11.1 Å². The summed E-state index contributed by atoms with van der Waals surface area (Å²) in [7, 11) is 0. The Labute approximate surface area is 104 Å². The highest BCUT2D eigenvalue weighted by molar-refractivity contribution is 5.40. The predicted molar refractivity (Wildman–Crippen MR) is 63.0 cm³/mol. The average Bonchev–Trinajstić information content (AvgIpc) is 3.12. The standard InChI is InChI=1S/C12H16F3N3/c1-11(7-16,8-2-3-8)18-10-5-4-9(6-17-10)12(13,14)15/h4-6,8H,2-3,7,16H2,1H3,(H,17,18). The number of hydrogen-bond acceptors (Lipinski definition) is 3. The lowest BCUT2D eigenvalue weighted by atomic mass is 9.96. The summed E-state index contributed by atoms with van der Waals surface area (Å²) in [6.07, 6.45) is -1.31. The third kappa shape index (κ3) is 2.75. The SMILES string of the molecule is CC(CN)(Nc1ccc(C(F)(F)F)cn1)C1CC1. The summed E-state index contributed by atoms with van der Waals surface area (Å²) in [5.74, 6) is 0.912. The lowest BCUT2D eigenvalue weighted by Gasteiger charge is -2.30. The summed E-state index contributed by atoms with van der Waals surface area (Å²) >= 11 is 0. The van der Waals surface area contributed by atoms with Gasteiger partial charge in [-0.3, -0.25) is 0 Å². The summed E-state index contributed by atoms with van der Waals surface area (Å²) in [6, 6.07) is 2.37. The maximum atomic E-state index is 12.4. The largest absolute Gasteiger partial charge is 0.417 e. The topological polar surface area (TPSA) is 50.9 Å². The number of aromatic nitrogens is 1. The van der Waals surface area contributed by atoms with E-state index in [1.165, 1.54) is 6.07 Å². The number of nitrogens with zero attached hydrogens (tertiary/aromatic N) is 1. The van der Waals surface area contributed by atoms with Crippen molar-refractivity contribution < 1.29 is 13.2 Å². The number of nitrogens with two attached hydrogens (primary N) is 1. The molecule has 3 N–H and O–H groups in total. The van der Waals surface area contributed by atoms with Crippen molar-refractivity contribution in [1.29, 1.82) is 0 Å². The molecule has 0 saturated heterocycles. The first kappa shape index (κ1) is 13.1. The van der Waals surface area contributed by atoms with Crippen molar-refractivity contribution in [3.05, 3.63) is 23.9 Å². The Morgan fingerprint density at radius 2 is 2.06 bits per heavy atom. The molecule has 0 spiro atoms. The second-order valence-electron chi connectivity index (χ2n) is 4.95. The molecular formula is C12H16F3N3. The molecule has 0 radical (unpaired) electrons. The normalized spacial score (nSPS) is 19.4. The van der Waals surface area contributed by atoms with Gasteiger partial charge in [-0.05, 0) is 37.8 Å². The first-order chi connectivity index (χ1) is 8.35. The highest BCUT2D eigenvalue weighted by atomic mass is 19.4. The van der Waals surface area contributed by atoms with Crippen LogP contribution in [0.1, 0.15) is 25.3 Å². The van der Waals surface area contributed by atoms with Crippen LogP contribution in [0.25, 0.3) is 0 Å². The molecule has 1 unspecified atom stereocenters. The maximum absolute atomic E-state index is 12.4. The van der Waals surface area contributed by atoms with Crippen molar-refractivity contribution in [3.63, 3.8) is 0 Å². The van der Waals surface area contributed by atoms with Crippen LogP contribution in [-0.4, -0.2) is 17.1 Å². The molecular weight excluding hydrogens is 243 g/mol. The highest BCUT2D eigenvalue weighted by Gasteiger charge is 2.40. The Hall–Kier alpha value is -1.30. The van der Waals surface area contributed by atoms with E-state index in [0.717, 1.165) is 25.1 Å². The van der Waals surface area contributed by atoms with Crippen LogP contribution < -0.4 is 11.1 Å². The van der Waals surface area contributed by atoms with Gasteiger partial charge in [-0.25, -0.2) is 4.98 Å². The van der Waals surface area contributed by atoms with Gasteiger partial charge >= 0.3 is 6.18 Å². The first-order valence-corrected chi connectivity index (χ1v) is 5.87. The molecule has 1 aliphatic rings. The first-order valence-electron chi connectivity index (χ1n) is 5.87. The smallest absolute Gasteiger partial charge is 0.363 e. The third-order valence-electron chi connectivity index (χ3n) is 3.41. The van der Waals surface area contributed by atoms with E-state index in [9.17, 15) is 13.2 Å². The molecule has 6 heteroatoms. The van der Waals surface area contributed by atoms with Gasteiger partial charge in [0.25, 0.3) is 0 Å². The zero-order valence-electron chi connectivity index (χ0n) is 10.1. The van der Waals surface area contributed by atoms with Gasteiger partial charge in [0.05, 0.1) is 11.1 Å². The van der Waals surface area contributed by atoms with E-state index < -0.39 is 11.7 Å². The highest BCUT2D eigenvalue weighted by Crippen LogP contribution is 2.40. The molecule has 0 bridgehead atoms. The zero-order chi connectivity index (χ0) is 13.4. The second kappa shape index (κ2) is 4.42. The van der Waals surface area contributed by atoms with Gasteiger partial charge in [0.15, 0.2) is 0 Å². The molecule has 18 heavy (non-hydrogen) atoms. The minimum atomic E-state index is -4.35. The van der Waals surface area contributed by atoms with Crippen LogP contribution in [0.4, 0.5) is 19.0 Å². The molecule has 1 aromatic rings. The summed E-state index contributed by atoms with van der Waals surface area (Å²) in [5, 5.41) is 3.14. The molecule has 0 amide bonds. The van der Waals surface area contributed by atoms with Gasteiger partial charge in [-0.15, -0.1) is 0 Å². The number of halogens is 3. The Kier molecular flexibility index (Phi) is 3.23. The van der Waals surface area contributed by atoms with E-state index in [2.05, 4.69) is 10.3 Å². The lowest BCUT2D eigenvalue weighted by molar-refractivity contribution is -0.137. The number of nitrogens with one attached hydrogen (secondary N) is 1. The lowest BCUT2D eigenvalue weighted by Crippen LogP contribution is -2.44. The van der Waals surface area contributed by atoms with Crippen LogP contribution in [0.5, 0.6) is 0 Å². The van der Waals surface area contributed by atoms with Crippen LogP contribution in [0.3, 0.4) is 0 Å². The number of rotatable bonds is 4. The molecule has 1 aromatic heterocycles. The summed E-state index contributed by atoms with van der Waals surface area (Å²) in [4.78, 5) is 3.80. The molecule has 0 aromatic carbocycles. The molecule has 1 heterocycles. The Morgan fingerprint density at radius 3 is 2.44 bits per heavy atom. The Morgan fingerprint density at radius 1 is 1.39 bits per heavy atom. The minimum Gasteiger partial charge on any atom is -0.363 e. The van der Waals surface area contributed by atoms with E-state index in [1.54, 1.807) is 0 Å². The number of hydrogen-bond donors (Lipinski definition) is 2. The van der Waals surface area contributed by atoms with Crippen LogP contribution in [-0.2, 0) is 6.18 Å². The molecule has 0 aliphatic heterocycles. The van der Waals surface area contributed by atoms with Crippen molar-refractivity contribution in [2.45, 2.75) is 31.5 Å². The van der Waals surface area contributed by atoms with E-state index in [0.29, 0.717) is 18.3 Å². The van der Waals surface area contributed by atoms with Gasteiger partial charge in [0.1, 0.15) is 5.82 Å². The minimum absolute atomic E-state index is 0.285. The Bertz CT molecular complexity index is 412. The molecule has 2 rings (SSSR count). The number of anilines is 1. The van der Waals surface area contributed by atoms with Gasteiger partial charge in [0.2, 0.25) is 0 Å². The molecule has 1 aliphatic carbocycles. The zero-order valence-corrected chi connectivity index (χ0v) is 10.1. The number of alkyl halides is 3. The Balaban J connectivity index is 2.10. The molecule has 1 atom stereocenters. The molecule has 1 fully saturated rings. The van der Waals surface area contributed by atoms with E-state index >= 15 is 0 Å². The van der Waals surface area contributed by atoms with Crippen LogP contribution in [0.15, 0.2) is 18.3 Å². The molecule has 100 valence electrons. The quantitative estimate of drug-likeness (QED) is 0.874. The second-order valence-corrected chi connectivity index (χ2v) is 4.95. The fourth-order valence-corrected chi connectivity index (χ4v) is 1.97. The summed E-state index contributed by atoms with van der Waals surface area (Å²) in [6.45, 7) is 2.41. The molecule has 3 nitrogen and oxygen atoms in total. The van der Waals surface area contributed by atoms with Crippen molar-refractivity contribution in [1.82, 2.24) is 4.98 Å². The third-order valence-corrected chi connectivity index (χ3v) is 3.41. The van der Waals surface area contributed by atoms with Crippen molar-refractivity contribution in [3.8, 4) is 0 Å². The van der Waals surface area contributed by atoms with Gasteiger partial charge in [-0.1, -0.05) is 0 Å². The monoisotopic (exact) mass is 259 g/mol. The fraction of sp³-hybridized carbons (Fsp3) is 0.583.